The fourth-order valence-electron chi connectivity index (χ4n) is 1.28. The van der Waals surface area contributed by atoms with Crippen molar-refractivity contribution >= 4 is 5.97 Å². The van der Waals surface area contributed by atoms with Gasteiger partial charge in [-0.25, -0.2) is 4.79 Å². The zero-order chi connectivity index (χ0) is 9.97. The van der Waals surface area contributed by atoms with E-state index in [9.17, 15) is 4.79 Å². The van der Waals surface area contributed by atoms with Crippen LogP contribution in [0.25, 0.3) is 11.3 Å². The first kappa shape index (κ1) is 8.50. The Kier molecular flexibility index (Phi) is 2.02. The van der Waals surface area contributed by atoms with Crippen LogP contribution in [0.2, 0.25) is 0 Å². The predicted molar refractivity (Wildman–Crippen MR) is 51.0 cm³/mol. The summed E-state index contributed by atoms with van der Waals surface area (Å²) in [6.45, 7) is 0. The summed E-state index contributed by atoms with van der Waals surface area (Å²) in [5.74, 6) is -0.976. The van der Waals surface area contributed by atoms with Gasteiger partial charge in [0.1, 0.15) is 5.69 Å². The molecule has 0 atom stereocenters. The zero-order valence-electron chi connectivity index (χ0n) is 7.27. The summed E-state index contributed by atoms with van der Waals surface area (Å²) >= 11 is 0. The molecule has 0 fully saturated rings. The van der Waals surface area contributed by atoms with E-state index in [-0.39, 0.29) is 5.69 Å². The van der Waals surface area contributed by atoms with Crippen molar-refractivity contribution in [1.29, 1.82) is 0 Å². The fourth-order valence-corrected chi connectivity index (χ4v) is 1.28. The molecule has 0 bridgehead atoms. The Labute approximate surface area is 80.2 Å². The number of hydrogen-bond donors (Lipinski definition) is 2. The molecule has 2 aromatic rings. The van der Waals surface area contributed by atoms with E-state index in [0.29, 0.717) is 11.3 Å². The second kappa shape index (κ2) is 3.33. The average molecular weight is 188 g/mol. The average Bonchev–Trinajstić information content (AvgIpc) is 2.67. The van der Waals surface area contributed by atoms with Gasteiger partial charge in [-0.15, -0.1) is 0 Å². The van der Waals surface area contributed by atoms with Crippen LogP contribution in [0, 0.1) is 0 Å². The molecular weight excluding hydrogens is 180 g/mol. The third-order valence-corrected chi connectivity index (χ3v) is 1.90. The van der Waals surface area contributed by atoms with Gasteiger partial charge in [-0.2, -0.15) is 0 Å². The number of aromatic nitrogens is 2. The maximum atomic E-state index is 10.8. The van der Waals surface area contributed by atoms with Gasteiger partial charge in [-0.05, 0) is 18.2 Å². The first-order chi connectivity index (χ1) is 6.79. The van der Waals surface area contributed by atoms with Crippen molar-refractivity contribution in [2.24, 2.45) is 0 Å². The number of hydrogen-bond acceptors (Lipinski definition) is 2. The number of pyridine rings is 1. The molecule has 0 spiro atoms. The lowest BCUT2D eigenvalue weighted by atomic mass is 10.1. The lowest BCUT2D eigenvalue weighted by Crippen LogP contribution is -1.99. The second-order valence-electron chi connectivity index (χ2n) is 2.79. The highest BCUT2D eigenvalue weighted by atomic mass is 16.4. The van der Waals surface area contributed by atoms with Gasteiger partial charge in [-0.1, -0.05) is 6.07 Å². The van der Waals surface area contributed by atoms with Crippen LogP contribution in [0.4, 0.5) is 0 Å². The number of nitrogens with zero attached hydrogens (tertiary/aromatic N) is 1. The van der Waals surface area contributed by atoms with Crippen molar-refractivity contribution in [2.75, 3.05) is 0 Å². The minimum Gasteiger partial charge on any atom is -0.477 e. The molecule has 0 aromatic carbocycles. The summed E-state index contributed by atoms with van der Waals surface area (Å²) in [5, 5.41) is 8.86. The summed E-state index contributed by atoms with van der Waals surface area (Å²) in [7, 11) is 0. The largest absolute Gasteiger partial charge is 0.477 e. The minimum atomic E-state index is -0.976. The van der Waals surface area contributed by atoms with E-state index >= 15 is 0 Å². The molecule has 0 saturated heterocycles. The Balaban J connectivity index is 2.52. The number of carbonyl (C=O) groups is 1. The molecule has 4 heteroatoms. The maximum Gasteiger partial charge on any atom is 0.353 e. The topological polar surface area (TPSA) is 66.0 Å². The SMILES string of the molecule is O=C(O)c1[nH]ccc1-c1ccccn1. The van der Waals surface area contributed by atoms with Gasteiger partial charge in [0.05, 0.1) is 5.69 Å². The van der Waals surface area contributed by atoms with Crippen molar-refractivity contribution in [3.05, 3.63) is 42.4 Å². The molecule has 0 aliphatic carbocycles. The van der Waals surface area contributed by atoms with E-state index in [1.807, 2.05) is 6.07 Å². The highest BCUT2D eigenvalue weighted by Gasteiger charge is 2.12. The van der Waals surface area contributed by atoms with Gasteiger partial charge in [0.25, 0.3) is 0 Å². The third-order valence-electron chi connectivity index (χ3n) is 1.90. The number of carboxylic acid groups (broad SMARTS) is 1. The number of rotatable bonds is 2. The molecule has 14 heavy (non-hydrogen) atoms. The van der Waals surface area contributed by atoms with Crippen molar-refractivity contribution in [1.82, 2.24) is 9.97 Å². The summed E-state index contributed by atoms with van der Waals surface area (Å²) < 4.78 is 0. The van der Waals surface area contributed by atoms with Crippen LogP contribution < -0.4 is 0 Å². The Morgan fingerprint density at radius 2 is 2.21 bits per heavy atom. The Hall–Kier alpha value is -2.10. The van der Waals surface area contributed by atoms with Crippen LogP contribution in [0.5, 0.6) is 0 Å². The van der Waals surface area contributed by atoms with Crippen molar-refractivity contribution < 1.29 is 9.90 Å². The van der Waals surface area contributed by atoms with E-state index in [0.717, 1.165) is 0 Å². The monoisotopic (exact) mass is 188 g/mol. The number of nitrogens with one attached hydrogen (secondary N) is 1. The van der Waals surface area contributed by atoms with E-state index in [1.54, 1.807) is 30.6 Å². The van der Waals surface area contributed by atoms with Crippen molar-refractivity contribution in [2.45, 2.75) is 0 Å². The molecule has 2 aromatic heterocycles. The highest BCUT2D eigenvalue weighted by Crippen LogP contribution is 2.19. The first-order valence-corrected chi connectivity index (χ1v) is 4.11. The summed E-state index contributed by atoms with van der Waals surface area (Å²) in [4.78, 5) is 17.5. The van der Waals surface area contributed by atoms with Gasteiger partial charge < -0.3 is 10.1 Å². The molecule has 2 rings (SSSR count). The van der Waals surface area contributed by atoms with Crippen LogP contribution in [-0.4, -0.2) is 21.0 Å². The Morgan fingerprint density at radius 1 is 1.36 bits per heavy atom. The normalized spacial score (nSPS) is 10.0. The molecule has 2 heterocycles. The van der Waals surface area contributed by atoms with Gasteiger partial charge >= 0.3 is 5.97 Å². The Morgan fingerprint density at radius 3 is 2.86 bits per heavy atom. The second-order valence-corrected chi connectivity index (χ2v) is 2.79. The van der Waals surface area contributed by atoms with Crippen molar-refractivity contribution in [3.63, 3.8) is 0 Å². The molecule has 2 N–H and O–H groups in total. The summed E-state index contributed by atoms with van der Waals surface area (Å²) in [6, 6.07) is 7.08. The molecule has 70 valence electrons. The van der Waals surface area contributed by atoms with E-state index in [1.165, 1.54) is 0 Å². The number of aromatic carboxylic acids is 1. The minimum absolute atomic E-state index is 0.170. The molecule has 0 radical (unpaired) electrons. The van der Waals surface area contributed by atoms with Crippen LogP contribution in [-0.2, 0) is 0 Å². The van der Waals surface area contributed by atoms with E-state index in [4.69, 9.17) is 5.11 Å². The number of carboxylic acids is 1. The molecule has 0 amide bonds. The molecule has 0 unspecified atom stereocenters. The van der Waals surface area contributed by atoms with Gasteiger partial charge in [0.15, 0.2) is 0 Å². The summed E-state index contributed by atoms with van der Waals surface area (Å²) in [5.41, 5.74) is 1.44. The summed E-state index contributed by atoms with van der Waals surface area (Å²) in [6.07, 6.45) is 3.22. The van der Waals surface area contributed by atoms with Gasteiger partial charge in [0.2, 0.25) is 0 Å². The molecule has 0 aliphatic rings. The quantitative estimate of drug-likeness (QED) is 0.754. The van der Waals surface area contributed by atoms with Crippen molar-refractivity contribution in [3.8, 4) is 11.3 Å². The first-order valence-electron chi connectivity index (χ1n) is 4.11. The smallest absolute Gasteiger partial charge is 0.353 e. The van der Waals surface area contributed by atoms with Gasteiger partial charge in [-0.3, -0.25) is 4.98 Å². The molecule has 0 saturated carbocycles. The van der Waals surface area contributed by atoms with Crippen LogP contribution in [0.3, 0.4) is 0 Å². The zero-order valence-corrected chi connectivity index (χ0v) is 7.27. The molecule has 4 nitrogen and oxygen atoms in total. The standard InChI is InChI=1S/C10H8N2O2/c13-10(14)9-7(4-6-12-9)8-3-1-2-5-11-8/h1-6,12H,(H,13,14). The lowest BCUT2D eigenvalue weighted by Gasteiger charge is -1.97. The molecular formula is C10H8N2O2. The maximum absolute atomic E-state index is 10.8. The number of H-pyrrole nitrogens is 1. The van der Waals surface area contributed by atoms with Crippen LogP contribution in [0.15, 0.2) is 36.7 Å². The molecule has 0 aliphatic heterocycles. The van der Waals surface area contributed by atoms with Gasteiger partial charge in [0, 0.05) is 18.0 Å². The highest BCUT2D eigenvalue weighted by molar-refractivity contribution is 5.93. The van der Waals surface area contributed by atoms with E-state index in [2.05, 4.69) is 9.97 Å². The predicted octanol–water partition coefficient (Wildman–Crippen LogP) is 1.77. The van der Waals surface area contributed by atoms with Crippen LogP contribution >= 0.6 is 0 Å². The van der Waals surface area contributed by atoms with Crippen LogP contribution in [0.1, 0.15) is 10.5 Å². The van der Waals surface area contributed by atoms with E-state index < -0.39 is 5.97 Å². The fraction of sp³-hybridized carbons (Fsp3) is 0. The lowest BCUT2D eigenvalue weighted by molar-refractivity contribution is 0.0692. The Bertz CT molecular complexity index is 448. The third kappa shape index (κ3) is 1.37. The number of aromatic amines is 1.